The Hall–Kier alpha value is -3.32. The second-order valence-electron chi connectivity index (χ2n) is 9.03. The van der Waals surface area contributed by atoms with Crippen LogP contribution in [0.4, 0.5) is 10.1 Å². The Kier molecular flexibility index (Phi) is 7.48. The Morgan fingerprint density at radius 1 is 1.18 bits per heavy atom. The van der Waals surface area contributed by atoms with Gasteiger partial charge in [-0.3, -0.25) is 9.82 Å². The molecule has 1 aliphatic heterocycles. The third-order valence-electron chi connectivity index (χ3n) is 6.37. The van der Waals surface area contributed by atoms with Crippen molar-refractivity contribution in [3.63, 3.8) is 0 Å². The van der Waals surface area contributed by atoms with Crippen LogP contribution >= 0.6 is 11.6 Å². The van der Waals surface area contributed by atoms with Crippen molar-refractivity contribution in [3.05, 3.63) is 59.0 Å². The fourth-order valence-electron chi connectivity index (χ4n) is 4.38. The number of aryl methyl sites for hydroxylation is 1. The predicted octanol–water partition coefficient (Wildman–Crippen LogP) is 3.76. The highest BCUT2D eigenvalue weighted by Crippen LogP contribution is 2.31. The molecule has 4 aromatic rings. The zero-order valence-electron chi connectivity index (χ0n) is 20.5. The third kappa shape index (κ3) is 5.58. The number of likely N-dealkylation sites (tertiary alicyclic amines) is 1. The van der Waals surface area contributed by atoms with E-state index < -0.39 is 20.7 Å². The van der Waals surface area contributed by atoms with Crippen LogP contribution in [0.5, 0.6) is 5.88 Å². The van der Waals surface area contributed by atoms with Crippen LogP contribution in [0, 0.1) is 12.7 Å². The van der Waals surface area contributed by atoms with Gasteiger partial charge in [0.25, 0.3) is 10.0 Å². The molecule has 0 bridgehead atoms. The van der Waals surface area contributed by atoms with Crippen LogP contribution in [0.15, 0.2) is 47.4 Å². The van der Waals surface area contributed by atoms with Crippen molar-refractivity contribution in [2.45, 2.75) is 30.8 Å². The molecule has 3 heterocycles. The van der Waals surface area contributed by atoms with Crippen molar-refractivity contribution in [1.29, 1.82) is 0 Å². The lowest BCUT2D eigenvalue weighted by atomic mass is 10.1. The number of rotatable bonds is 8. The summed E-state index contributed by atoms with van der Waals surface area (Å²) in [6.07, 6.45) is 1.58. The maximum absolute atomic E-state index is 14.1. The average Bonchev–Trinajstić information content (AvgIpc) is 3.28. The highest BCUT2D eigenvalue weighted by atomic mass is 35.5. The molecular weight excluding hydrogens is 535 g/mol. The third-order valence-corrected chi connectivity index (χ3v) is 8.01. The summed E-state index contributed by atoms with van der Waals surface area (Å²) >= 11 is 5.85. The number of H-pyrrole nitrogens is 1. The molecule has 0 saturated carbocycles. The first kappa shape index (κ1) is 26.3. The maximum atomic E-state index is 14.1. The fraction of sp³-hybridized carbons (Fsp3) is 0.320. The zero-order valence-corrected chi connectivity index (χ0v) is 22.1. The monoisotopic (exact) mass is 560 g/mol. The topological polar surface area (TPSA) is 133 Å². The molecule has 0 amide bonds. The number of hydrogen-bond donors (Lipinski definition) is 3. The summed E-state index contributed by atoms with van der Waals surface area (Å²) < 4.78 is 48.2. The van der Waals surface area contributed by atoms with Crippen LogP contribution in [0.2, 0.25) is 5.02 Å². The lowest BCUT2D eigenvalue weighted by Crippen LogP contribution is -2.39. The number of aromatic amines is 1. The summed E-state index contributed by atoms with van der Waals surface area (Å²) in [6, 6.07) is 9.74. The van der Waals surface area contributed by atoms with Crippen LogP contribution in [0.3, 0.4) is 0 Å². The number of benzene rings is 2. The van der Waals surface area contributed by atoms with Gasteiger partial charge in [0.2, 0.25) is 5.88 Å². The van der Waals surface area contributed by atoms with Crippen molar-refractivity contribution in [1.82, 2.24) is 25.1 Å². The van der Waals surface area contributed by atoms with Crippen LogP contribution in [0.1, 0.15) is 18.5 Å². The molecule has 5 rings (SSSR count). The molecule has 0 unspecified atom stereocenters. The normalized spacial score (nSPS) is 15.2. The highest BCUT2D eigenvalue weighted by molar-refractivity contribution is 7.92. The summed E-state index contributed by atoms with van der Waals surface area (Å²) in [7, 11) is -4.19. The van der Waals surface area contributed by atoms with E-state index in [4.69, 9.17) is 16.3 Å². The Morgan fingerprint density at radius 2 is 1.92 bits per heavy atom. The van der Waals surface area contributed by atoms with Gasteiger partial charge in [-0.05, 0) is 62.2 Å². The molecule has 1 aliphatic rings. The molecule has 0 atom stereocenters. The number of nitrogens with zero attached hydrogens (tertiary/aromatic N) is 4. The lowest BCUT2D eigenvalue weighted by molar-refractivity contribution is 0.0870. The molecule has 0 aliphatic carbocycles. The first-order valence-electron chi connectivity index (χ1n) is 12.0. The molecule has 0 radical (unpaired) electrons. The van der Waals surface area contributed by atoms with Gasteiger partial charge in [-0.25, -0.2) is 17.8 Å². The first-order valence-corrected chi connectivity index (χ1v) is 13.9. The summed E-state index contributed by atoms with van der Waals surface area (Å²) in [5, 5.41) is 17.2. The molecule has 38 heavy (non-hydrogen) atoms. The number of aliphatic hydroxyl groups excluding tert-OH is 1. The van der Waals surface area contributed by atoms with Gasteiger partial charge in [0, 0.05) is 35.9 Å². The zero-order chi connectivity index (χ0) is 26.9. The SMILES string of the molecule is Cc1n[nH]c2nc(-c3ccc(NS(=O)(=O)c4cc(Cl)ccc4F)cc3)nc(OC3CCN(CCO)CC3)c12. The van der Waals surface area contributed by atoms with Gasteiger partial charge in [0.1, 0.15) is 22.2 Å². The van der Waals surface area contributed by atoms with E-state index in [0.29, 0.717) is 34.8 Å². The molecule has 2 aromatic carbocycles. The highest BCUT2D eigenvalue weighted by Gasteiger charge is 2.24. The predicted molar refractivity (Wildman–Crippen MR) is 141 cm³/mol. The number of nitrogens with one attached hydrogen (secondary N) is 2. The van der Waals surface area contributed by atoms with E-state index in [1.54, 1.807) is 24.3 Å². The molecule has 3 N–H and O–H groups in total. The number of hydrogen-bond acceptors (Lipinski definition) is 8. The molecule has 10 nitrogen and oxygen atoms in total. The quantitative estimate of drug-likeness (QED) is 0.297. The number of piperidine rings is 1. The van der Waals surface area contributed by atoms with Gasteiger partial charge < -0.3 is 14.7 Å². The Morgan fingerprint density at radius 3 is 2.63 bits per heavy atom. The minimum Gasteiger partial charge on any atom is -0.474 e. The van der Waals surface area contributed by atoms with Crippen molar-refractivity contribution in [2.75, 3.05) is 31.0 Å². The van der Waals surface area contributed by atoms with Crippen molar-refractivity contribution in [3.8, 4) is 17.3 Å². The number of fused-ring (bicyclic) bond motifs is 1. The molecule has 200 valence electrons. The lowest BCUT2D eigenvalue weighted by Gasteiger charge is -2.31. The van der Waals surface area contributed by atoms with Crippen LogP contribution in [0.25, 0.3) is 22.4 Å². The summed E-state index contributed by atoms with van der Waals surface area (Å²) in [5.41, 5.74) is 2.11. The number of sulfonamides is 1. The number of aliphatic hydroxyl groups is 1. The van der Waals surface area contributed by atoms with Gasteiger partial charge in [-0.15, -0.1) is 0 Å². The average molecular weight is 561 g/mol. The van der Waals surface area contributed by atoms with E-state index in [-0.39, 0.29) is 23.4 Å². The maximum Gasteiger partial charge on any atom is 0.264 e. The number of aromatic nitrogens is 4. The second-order valence-corrected chi connectivity index (χ2v) is 11.1. The van der Waals surface area contributed by atoms with Crippen molar-refractivity contribution in [2.24, 2.45) is 0 Å². The smallest absolute Gasteiger partial charge is 0.264 e. The minimum absolute atomic E-state index is 0.0335. The molecular formula is C25H26ClFN6O4S. The molecule has 2 aromatic heterocycles. The standard InChI is InChI=1S/C25H26ClFN6O4S/c1-15-22-24(31-30-15)28-23(29-25(22)37-19-8-10-33(11-9-19)12-13-34)16-2-5-18(6-3-16)32-38(35,36)21-14-17(26)4-7-20(21)27/h2-7,14,19,32,34H,8-13H2,1H3,(H,28,29,30,31). The number of ether oxygens (including phenoxy) is 1. The van der Waals surface area contributed by atoms with Gasteiger partial charge in [0.15, 0.2) is 11.5 Å². The number of anilines is 1. The Balaban J connectivity index is 1.38. The Bertz CT molecular complexity index is 1560. The van der Waals surface area contributed by atoms with E-state index in [0.717, 1.165) is 43.8 Å². The second kappa shape index (κ2) is 10.8. The summed E-state index contributed by atoms with van der Waals surface area (Å²) in [4.78, 5) is 10.9. The summed E-state index contributed by atoms with van der Waals surface area (Å²) in [5.74, 6) is -0.0936. The van der Waals surface area contributed by atoms with Gasteiger partial charge in [0.05, 0.1) is 12.3 Å². The molecule has 0 spiro atoms. The number of β-amino-alcohol motifs (C(OH)–C–C–N with tert-alkyl or cyclic N) is 1. The molecule has 1 fully saturated rings. The fourth-order valence-corrected chi connectivity index (χ4v) is 5.78. The van der Waals surface area contributed by atoms with Crippen LogP contribution in [-0.2, 0) is 10.0 Å². The van der Waals surface area contributed by atoms with E-state index >= 15 is 0 Å². The van der Waals surface area contributed by atoms with E-state index in [1.165, 1.54) is 6.07 Å². The first-order chi connectivity index (χ1) is 18.2. The van der Waals surface area contributed by atoms with E-state index in [2.05, 4.69) is 29.8 Å². The van der Waals surface area contributed by atoms with E-state index in [1.807, 2.05) is 6.92 Å². The van der Waals surface area contributed by atoms with E-state index in [9.17, 15) is 17.9 Å². The van der Waals surface area contributed by atoms with Crippen molar-refractivity contribution < 1.29 is 22.7 Å². The largest absolute Gasteiger partial charge is 0.474 e. The molecule has 1 saturated heterocycles. The van der Waals surface area contributed by atoms with Crippen molar-refractivity contribution >= 4 is 38.3 Å². The van der Waals surface area contributed by atoms with Crippen LogP contribution < -0.4 is 9.46 Å². The number of halogens is 2. The van der Waals surface area contributed by atoms with Gasteiger partial charge in [-0.1, -0.05) is 11.6 Å². The van der Waals surface area contributed by atoms with Gasteiger partial charge >= 0.3 is 0 Å². The van der Waals surface area contributed by atoms with Crippen LogP contribution in [-0.4, -0.2) is 70.9 Å². The molecule has 13 heteroatoms. The Labute approximate surface area is 223 Å². The minimum atomic E-state index is -4.19. The summed E-state index contributed by atoms with van der Waals surface area (Å²) in [6.45, 7) is 4.28. The van der Waals surface area contributed by atoms with Gasteiger partial charge in [-0.2, -0.15) is 10.1 Å².